The minimum absolute atomic E-state index is 0.0134. The second-order valence-corrected chi connectivity index (χ2v) is 8.26. The molecule has 7 heteroatoms. The zero-order chi connectivity index (χ0) is 19.3. The van der Waals surface area contributed by atoms with E-state index in [1.54, 1.807) is 6.07 Å². The van der Waals surface area contributed by atoms with Crippen LogP contribution in [0.2, 0.25) is 10.0 Å². The highest BCUT2D eigenvalue weighted by atomic mass is 35.5. The van der Waals surface area contributed by atoms with Gasteiger partial charge in [0.25, 0.3) is 5.91 Å². The molecule has 2 amide bonds. The maximum Gasteiger partial charge on any atom is 0.259 e. The first kappa shape index (κ1) is 18.7. The van der Waals surface area contributed by atoms with Crippen molar-refractivity contribution in [3.05, 3.63) is 57.6 Å². The molecule has 3 aliphatic rings. The maximum atomic E-state index is 12.4. The molecule has 142 valence electrons. The number of allylic oxidation sites excluding steroid dienone is 2. The molecule has 2 heterocycles. The SMILES string of the molecule is CN1Cc2c(Cl)cc(Cl)cc2[C@H](C2C=CC=CC2N2C(=O)C[C@@H](O)C2=O)C1. The Labute approximate surface area is 167 Å². The fourth-order valence-corrected chi connectivity index (χ4v) is 4.98. The number of imide groups is 1. The number of likely N-dealkylation sites (tertiary alicyclic amines) is 1. The number of aliphatic hydroxyl groups is 1. The van der Waals surface area contributed by atoms with Crippen LogP contribution >= 0.6 is 23.2 Å². The summed E-state index contributed by atoms with van der Waals surface area (Å²) in [5, 5.41) is 11.0. The van der Waals surface area contributed by atoms with Gasteiger partial charge in [-0.05, 0) is 30.3 Å². The van der Waals surface area contributed by atoms with Gasteiger partial charge in [-0.2, -0.15) is 0 Å². The standard InChI is InChI=1S/C20H20Cl2N2O3/c1-23-9-14(13-6-11(21)7-16(22)15(13)10-23)12-4-2-3-5-17(12)24-19(26)8-18(25)20(24)27/h2-7,12,14,17-18,25H,8-10H2,1H3/t12?,14-,17?,18+/m0/s1. The average Bonchev–Trinajstić information content (AvgIpc) is 2.87. The summed E-state index contributed by atoms with van der Waals surface area (Å²) in [6, 6.07) is 3.25. The number of fused-ring (bicyclic) bond motifs is 1. The molecule has 1 aromatic rings. The molecule has 1 saturated heterocycles. The number of halogens is 2. The predicted octanol–water partition coefficient (Wildman–Crippen LogP) is 2.75. The third kappa shape index (κ3) is 3.23. The fraction of sp³-hybridized carbons (Fsp3) is 0.400. The maximum absolute atomic E-state index is 12.4. The molecular formula is C20H20Cl2N2O3. The lowest BCUT2D eigenvalue weighted by Gasteiger charge is -2.41. The van der Waals surface area contributed by atoms with Crippen molar-refractivity contribution in [3.63, 3.8) is 0 Å². The van der Waals surface area contributed by atoms with Gasteiger partial charge in [0.05, 0.1) is 12.5 Å². The molecular weight excluding hydrogens is 387 g/mol. The monoisotopic (exact) mass is 406 g/mol. The first-order chi connectivity index (χ1) is 12.9. The molecule has 1 aliphatic carbocycles. The zero-order valence-electron chi connectivity index (χ0n) is 14.8. The smallest absolute Gasteiger partial charge is 0.259 e. The predicted molar refractivity (Wildman–Crippen MR) is 104 cm³/mol. The molecule has 0 saturated carbocycles. The number of aliphatic hydroxyl groups excluding tert-OH is 1. The highest BCUT2D eigenvalue weighted by Gasteiger charge is 2.45. The van der Waals surface area contributed by atoms with Crippen LogP contribution in [0.5, 0.6) is 0 Å². The second kappa shape index (κ2) is 7.06. The Morgan fingerprint density at radius 1 is 1.15 bits per heavy atom. The van der Waals surface area contributed by atoms with Crippen molar-refractivity contribution < 1.29 is 14.7 Å². The molecule has 1 fully saturated rings. The second-order valence-electron chi connectivity index (χ2n) is 7.42. The van der Waals surface area contributed by atoms with E-state index in [0.29, 0.717) is 10.0 Å². The molecule has 0 radical (unpaired) electrons. The van der Waals surface area contributed by atoms with Crippen molar-refractivity contribution in [3.8, 4) is 0 Å². The van der Waals surface area contributed by atoms with Gasteiger partial charge in [0.1, 0.15) is 6.10 Å². The van der Waals surface area contributed by atoms with Crippen LogP contribution < -0.4 is 0 Å². The van der Waals surface area contributed by atoms with Gasteiger partial charge in [-0.1, -0.05) is 47.5 Å². The summed E-state index contributed by atoms with van der Waals surface area (Å²) in [4.78, 5) is 28.2. The fourth-order valence-electron chi connectivity index (χ4n) is 4.41. The molecule has 0 aromatic heterocycles. The summed E-state index contributed by atoms with van der Waals surface area (Å²) < 4.78 is 0. The lowest BCUT2D eigenvalue weighted by Crippen LogP contribution is -2.48. The largest absolute Gasteiger partial charge is 0.383 e. The summed E-state index contributed by atoms with van der Waals surface area (Å²) in [5.74, 6) is -0.969. The average molecular weight is 407 g/mol. The van der Waals surface area contributed by atoms with Crippen molar-refractivity contribution in [2.24, 2.45) is 5.92 Å². The van der Waals surface area contributed by atoms with Crippen molar-refractivity contribution in [2.45, 2.75) is 31.0 Å². The Balaban J connectivity index is 1.76. The van der Waals surface area contributed by atoms with E-state index in [-0.39, 0.29) is 24.2 Å². The van der Waals surface area contributed by atoms with E-state index in [1.807, 2.05) is 37.4 Å². The van der Waals surface area contributed by atoms with Crippen molar-refractivity contribution in [1.29, 1.82) is 0 Å². The van der Waals surface area contributed by atoms with Crippen LogP contribution in [-0.2, 0) is 16.1 Å². The van der Waals surface area contributed by atoms with Crippen LogP contribution in [-0.4, -0.2) is 52.5 Å². The molecule has 0 bridgehead atoms. The molecule has 1 aromatic carbocycles. The van der Waals surface area contributed by atoms with E-state index in [2.05, 4.69) is 4.90 Å². The van der Waals surface area contributed by atoms with E-state index in [1.165, 1.54) is 4.90 Å². The van der Waals surface area contributed by atoms with Crippen LogP contribution in [0, 0.1) is 5.92 Å². The number of nitrogens with zero attached hydrogens (tertiary/aromatic N) is 2. The summed E-state index contributed by atoms with van der Waals surface area (Å²) in [7, 11) is 2.02. The molecule has 5 nitrogen and oxygen atoms in total. The van der Waals surface area contributed by atoms with E-state index >= 15 is 0 Å². The van der Waals surface area contributed by atoms with Crippen LogP contribution in [0.25, 0.3) is 0 Å². The molecule has 4 atom stereocenters. The Kier molecular flexibility index (Phi) is 4.89. The van der Waals surface area contributed by atoms with Gasteiger partial charge >= 0.3 is 0 Å². The third-order valence-electron chi connectivity index (χ3n) is 5.60. The van der Waals surface area contributed by atoms with E-state index in [0.717, 1.165) is 24.2 Å². The number of carbonyl (C=O) groups excluding carboxylic acids is 2. The highest BCUT2D eigenvalue weighted by molar-refractivity contribution is 6.35. The van der Waals surface area contributed by atoms with E-state index in [4.69, 9.17) is 23.2 Å². The minimum Gasteiger partial charge on any atom is -0.383 e. The van der Waals surface area contributed by atoms with Gasteiger partial charge in [-0.3, -0.25) is 14.5 Å². The van der Waals surface area contributed by atoms with Gasteiger partial charge < -0.3 is 10.0 Å². The van der Waals surface area contributed by atoms with Crippen LogP contribution in [0.3, 0.4) is 0 Å². The number of hydrogen-bond donors (Lipinski definition) is 1. The Bertz CT molecular complexity index is 867. The lowest BCUT2D eigenvalue weighted by molar-refractivity contribution is -0.143. The van der Waals surface area contributed by atoms with Crippen molar-refractivity contribution in [1.82, 2.24) is 9.80 Å². The summed E-state index contributed by atoms with van der Waals surface area (Å²) in [6.45, 7) is 1.47. The van der Waals surface area contributed by atoms with Gasteiger partial charge in [-0.15, -0.1) is 0 Å². The van der Waals surface area contributed by atoms with Crippen LogP contribution in [0.15, 0.2) is 36.4 Å². The lowest BCUT2D eigenvalue weighted by atomic mass is 9.75. The Hall–Kier alpha value is -1.66. The number of hydrogen-bond acceptors (Lipinski definition) is 4. The quantitative estimate of drug-likeness (QED) is 0.767. The topological polar surface area (TPSA) is 60.9 Å². The Morgan fingerprint density at radius 2 is 1.89 bits per heavy atom. The molecule has 0 spiro atoms. The molecule has 1 N–H and O–H groups in total. The van der Waals surface area contributed by atoms with Gasteiger partial charge in [0.2, 0.25) is 5.91 Å². The first-order valence-corrected chi connectivity index (χ1v) is 9.67. The first-order valence-electron chi connectivity index (χ1n) is 8.92. The number of amides is 2. The van der Waals surface area contributed by atoms with Gasteiger partial charge in [-0.25, -0.2) is 0 Å². The Morgan fingerprint density at radius 3 is 2.59 bits per heavy atom. The van der Waals surface area contributed by atoms with E-state index < -0.39 is 18.1 Å². The van der Waals surface area contributed by atoms with Gasteiger partial charge in [0.15, 0.2) is 0 Å². The van der Waals surface area contributed by atoms with Crippen molar-refractivity contribution >= 4 is 35.0 Å². The molecule has 2 unspecified atom stereocenters. The van der Waals surface area contributed by atoms with Crippen LogP contribution in [0.1, 0.15) is 23.5 Å². The summed E-state index contributed by atoms with van der Waals surface area (Å²) in [5.41, 5.74) is 2.08. The van der Waals surface area contributed by atoms with Crippen LogP contribution in [0.4, 0.5) is 0 Å². The number of rotatable bonds is 2. The summed E-state index contributed by atoms with van der Waals surface area (Å²) >= 11 is 12.7. The van der Waals surface area contributed by atoms with Crippen molar-refractivity contribution in [2.75, 3.05) is 13.6 Å². The molecule has 27 heavy (non-hydrogen) atoms. The van der Waals surface area contributed by atoms with Gasteiger partial charge in [0, 0.05) is 35.0 Å². The number of benzene rings is 1. The molecule has 4 rings (SSSR count). The zero-order valence-corrected chi connectivity index (χ0v) is 16.3. The molecule has 2 aliphatic heterocycles. The number of carbonyl (C=O) groups is 2. The number of likely N-dealkylation sites (N-methyl/N-ethyl adjacent to an activating group) is 1. The van der Waals surface area contributed by atoms with E-state index in [9.17, 15) is 14.7 Å². The third-order valence-corrected chi connectivity index (χ3v) is 6.16. The normalized spacial score (nSPS) is 30.9. The summed E-state index contributed by atoms with van der Waals surface area (Å²) in [6.07, 6.45) is 6.26. The highest BCUT2D eigenvalue weighted by Crippen LogP contribution is 2.42. The minimum atomic E-state index is -1.25.